The van der Waals surface area contributed by atoms with Crippen molar-refractivity contribution in [2.75, 3.05) is 0 Å². The number of hydrogen-bond acceptors (Lipinski definition) is 0. The van der Waals surface area contributed by atoms with Crippen molar-refractivity contribution < 1.29 is 4.20 Å². The Morgan fingerprint density at radius 3 is 2.18 bits per heavy atom. The van der Waals surface area contributed by atoms with Crippen LogP contribution in [-0.4, -0.2) is 5.66 Å². The zero-order chi connectivity index (χ0) is 8.27. The lowest BCUT2D eigenvalue weighted by molar-refractivity contribution is 0.865. The van der Waals surface area contributed by atoms with Crippen LogP contribution < -0.4 is 5.30 Å². The molecule has 1 aromatic rings. The van der Waals surface area contributed by atoms with E-state index in [0.717, 1.165) is 5.30 Å². The summed E-state index contributed by atoms with van der Waals surface area (Å²) >= 11 is 0. The van der Waals surface area contributed by atoms with E-state index in [2.05, 4.69) is 0 Å². The summed E-state index contributed by atoms with van der Waals surface area (Å²) in [6, 6.07) is 9.38. The van der Waals surface area contributed by atoms with Crippen molar-refractivity contribution in [1.82, 2.24) is 0 Å². The fourth-order valence-electron chi connectivity index (χ4n) is 0.869. The lowest BCUT2D eigenvalue weighted by Gasteiger charge is -2.10. The average Bonchev–Trinajstić information content (AvgIpc) is 2.05. The Bertz CT molecular complexity index is 208. The summed E-state index contributed by atoms with van der Waals surface area (Å²) in [5, 5.41) is 0.845. The van der Waals surface area contributed by atoms with Gasteiger partial charge >= 0.3 is 0 Å². The molecule has 0 aromatic heterocycles. The highest BCUT2D eigenvalue weighted by Gasteiger charge is 2.13. The summed E-state index contributed by atoms with van der Waals surface area (Å²) in [6.07, 6.45) is 0. The number of benzene rings is 1. The summed E-state index contributed by atoms with van der Waals surface area (Å²) in [5.41, 5.74) is 0.132. The quantitative estimate of drug-likeness (QED) is 0.598. The van der Waals surface area contributed by atoms with Crippen LogP contribution in [-0.2, 0) is 0 Å². The fourth-order valence-corrected chi connectivity index (χ4v) is 1.92. The Balaban J connectivity index is 2.77. The van der Waals surface area contributed by atoms with Crippen LogP contribution in [0.15, 0.2) is 30.3 Å². The topological polar surface area (TPSA) is 0 Å². The molecule has 0 heterocycles. The van der Waals surface area contributed by atoms with Gasteiger partial charge in [0, 0.05) is 11.0 Å². The molecule has 0 N–H and O–H groups in total. The van der Waals surface area contributed by atoms with Gasteiger partial charge in [-0.2, -0.15) is 0 Å². The molecule has 0 saturated carbocycles. The third kappa shape index (κ3) is 2.27. The van der Waals surface area contributed by atoms with Gasteiger partial charge in [-0.1, -0.05) is 44.2 Å². The molecule has 1 aromatic carbocycles. The van der Waals surface area contributed by atoms with Crippen LogP contribution in [0.3, 0.4) is 0 Å². The molecule has 0 saturated heterocycles. The third-order valence-corrected chi connectivity index (χ3v) is 3.15. The predicted octanol–water partition coefficient (Wildman–Crippen LogP) is 3.09. The molecule has 11 heavy (non-hydrogen) atoms. The zero-order valence-corrected chi connectivity index (χ0v) is 7.68. The van der Waals surface area contributed by atoms with E-state index in [1.54, 1.807) is 0 Å². The van der Waals surface area contributed by atoms with Crippen molar-refractivity contribution in [1.29, 1.82) is 0 Å². The van der Waals surface area contributed by atoms with E-state index in [1.807, 2.05) is 44.2 Å². The van der Waals surface area contributed by atoms with Crippen molar-refractivity contribution in [3.05, 3.63) is 30.3 Å². The maximum Gasteiger partial charge on any atom is 0.115 e. The lowest BCUT2D eigenvalue weighted by atomic mass is 10.4. The van der Waals surface area contributed by atoms with Gasteiger partial charge in [-0.25, -0.2) is 4.20 Å². The minimum Gasteiger partial charge on any atom is -0.222 e. The van der Waals surface area contributed by atoms with Gasteiger partial charge in [-0.05, 0) is 0 Å². The summed E-state index contributed by atoms with van der Waals surface area (Å²) in [6.45, 7) is 3.83. The van der Waals surface area contributed by atoms with Gasteiger partial charge in [0.25, 0.3) is 0 Å². The second kappa shape index (κ2) is 3.82. The second-order valence-corrected chi connectivity index (χ2v) is 4.91. The Morgan fingerprint density at radius 1 is 1.18 bits per heavy atom. The average molecular weight is 170 g/mol. The Labute approximate surface area is 68.3 Å². The van der Waals surface area contributed by atoms with Crippen molar-refractivity contribution >= 4 is 13.5 Å². The molecule has 0 amide bonds. The van der Waals surface area contributed by atoms with Gasteiger partial charge in [0.2, 0.25) is 0 Å². The largest absolute Gasteiger partial charge is 0.222 e. The molecule has 0 nitrogen and oxygen atoms in total. The lowest BCUT2D eigenvalue weighted by Crippen LogP contribution is -2.03. The molecule has 2 heteroatoms. The fraction of sp³-hybridized carbons (Fsp3) is 0.333. The maximum absolute atomic E-state index is 13.3. The molecule has 0 bridgehead atoms. The number of hydrogen-bond donors (Lipinski definition) is 0. The minimum absolute atomic E-state index is 0.132. The molecule has 1 atom stereocenters. The number of rotatable bonds is 2. The Hall–Kier alpha value is -0.420. The van der Waals surface area contributed by atoms with Crippen molar-refractivity contribution in [3.8, 4) is 0 Å². The molecule has 60 valence electrons. The molecule has 0 aliphatic heterocycles. The van der Waals surface area contributed by atoms with E-state index in [0.29, 0.717) is 0 Å². The first-order valence-corrected chi connectivity index (χ1v) is 5.02. The summed E-state index contributed by atoms with van der Waals surface area (Å²) in [7, 11) is -1.43. The third-order valence-electron chi connectivity index (χ3n) is 1.46. The van der Waals surface area contributed by atoms with Crippen LogP contribution in [0.1, 0.15) is 13.8 Å². The van der Waals surface area contributed by atoms with Crippen LogP contribution in [0.4, 0.5) is 4.20 Å². The first kappa shape index (κ1) is 8.67. The summed E-state index contributed by atoms with van der Waals surface area (Å²) < 4.78 is 13.3. The van der Waals surface area contributed by atoms with Crippen molar-refractivity contribution in [2.24, 2.45) is 0 Å². The molecule has 0 aliphatic rings. The van der Waals surface area contributed by atoms with Gasteiger partial charge < -0.3 is 0 Å². The van der Waals surface area contributed by atoms with Crippen LogP contribution >= 0.6 is 8.23 Å². The molecule has 1 unspecified atom stereocenters. The van der Waals surface area contributed by atoms with Gasteiger partial charge in [0.1, 0.15) is 8.23 Å². The Kier molecular flexibility index (Phi) is 3.02. The highest BCUT2D eigenvalue weighted by atomic mass is 31.2. The highest BCUT2D eigenvalue weighted by Crippen LogP contribution is 2.40. The molecule has 0 radical (unpaired) electrons. The maximum atomic E-state index is 13.3. The minimum atomic E-state index is -1.43. The van der Waals surface area contributed by atoms with Crippen molar-refractivity contribution in [2.45, 2.75) is 19.5 Å². The van der Waals surface area contributed by atoms with Crippen molar-refractivity contribution in [3.63, 3.8) is 0 Å². The molecule has 0 aliphatic carbocycles. The first-order valence-electron chi connectivity index (χ1n) is 3.72. The summed E-state index contributed by atoms with van der Waals surface area (Å²) in [5.74, 6) is 0. The van der Waals surface area contributed by atoms with E-state index < -0.39 is 8.23 Å². The van der Waals surface area contributed by atoms with Gasteiger partial charge in [-0.3, -0.25) is 0 Å². The van der Waals surface area contributed by atoms with E-state index in [1.165, 1.54) is 0 Å². The predicted molar refractivity (Wildman–Crippen MR) is 49.2 cm³/mol. The van der Waals surface area contributed by atoms with Gasteiger partial charge in [0.15, 0.2) is 0 Å². The van der Waals surface area contributed by atoms with Crippen LogP contribution in [0.5, 0.6) is 0 Å². The normalized spacial score (nSPS) is 13.5. The SMILES string of the molecule is CC(C)P(F)c1ccccc1. The van der Waals surface area contributed by atoms with E-state index in [9.17, 15) is 4.20 Å². The second-order valence-electron chi connectivity index (χ2n) is 2.74. The van der Waals surface area contributed by atoms with Crippen LogP contribution in [0.25, 0.3) is 0 Å². The summed E-state index contributed by atoms with van der Waals surface area (Å²) in [4.78, 5) is 0. The van der Waals surface area contributed by atoms with Crippen LogP contribution in [0, 0.1) is 0 Å². The molecular weight excluding hydrogens is 158 g/mol. The zero-order valence-electron chi connectivity index (χ0n) is 6.79. The van der Waals surface area contributed by atoms with Gasteiger partial charge in [-0.15, -0.1) is 0 Å². The Morgan fingerprint density at radius 2 is 1.73 bits per heavy atom. The van der Waals surface area contributed by atoms with Crippen LogP contribution in [0.2, 0.25) is 0 Å². The number of halogens is 1. The van der Waals surface area contributed by atoms with E-state index >= 15 is 0 Å². The monoisotopic (exact) mass is 170 g/mol. The van der Waals surface area contributed by atoms with E-state index in [-0.39, 0.29) is 5.66 Å². The molecular formula is C9H12FP. The standard InChI is InChI=1S/C9H12FP/c1-8(2)11(10)9-6-4-3-5-7-9/h3-8H,1-2H3. The first-order chi connectivity index (χ1) is 5.22. The molecule has 0 spiro atoms. The van der Waals surface area contributed by atoms with E-state index in [4.69, 9.17) is 0 Å². The molecule has 0 fully saturated rings. The highest BCUT2D eigenvalue weighted by molar-refractivity contribution is 7.61. The molecule has 1 rings (SSSR count). The smallest absolute Gasteiger partial charge is 0.115 e. The van der Waals surface area contributed by atoms with Gasteiger partial charge in [0.05, 0.1) is 0 Å².